The number of carbonyl (C=O) groups excluding carboxylic acids is 1. The number of hydrogen-bond donors (Lipinski definition) is 1. The highest BCUT2D eigenvalue weighted by atomic mass is 16.3. The molecule has 5 nitrogen and oxygen atoms in total. The predicted octanol–water partition coefficient (Wildman–Crippen LogP) is 2.71. The Hall–Kier alpha value is -2.01. The van der Waals surface area contributed by atoms with Crippen molar-refractivity contribution in [3.63, 3.8) is 0 Å². The lowest BCUT2D eigenvalue weighted by Gasteiger charge is -2.21. The number of hydrogen-bond acceptors (Lipinski definition) is 4. The first-order valence-corrected chi connectivity index (χ1v) is 7.31. The molecule has 0 unspecified atom stereocenters. The van der Waals surface area contributed by atoms with Crippen molar-refractivity contribution < 1.29 is 13.6 Å². The Morgan fingerprint density at radius 2 is 2.10 bits per heavy atom. The average molecular weight is 288 g/mol. The second-order valence-corrected chi connectivity index (χ2v) is 5.52. The molecule has 1 saturated carbocycles. The SMILES string of the molecule is C[C@@H](NC(=O)CN(Cc1ccco1)C1CC1)c1ccco1. The summed E-state index contributed by atoms with van der Waals surface area (Å²) in [6.45, 7) is 2.99. The van der Waals surface area contributed by atoms with Gasteiger partial charge in [-0.1, -0.05) is 0 Å². The molecule has 1 aliphatic rings. The Morgan fingerprint density at radius 3 is 2.71 bits per heavy atom. The standard InChI is InChI=1S/C16H20N2O3/c1-12(15-5-3-9-21-15)17-16(19)11-18(13-6-7-13)10-14-4-2-8-20-14/h2-5,8-9,12-13H,6-7,10-11H2,1H3,(H,17,19)/t12-/m1/s1. The first kappa shape index (κ1) is 13.9. The molecule has 21 heavy (non-hydrogen) atoms. The van der Waals surface area contributed by atoms with Gasteiger partial charge in [0, 0.05) is 6.04 Å². The fourth-order valence-corrected chi connectivity index (χ4v) is 2.44. The number of furan rings is 2. The lowest BCUT2D eigenvalue weighted by Crippen LogP contribution is -2.39. The highest BCUT2D eigenvalue weighted by Crippen LogP contribution is 2.28. The van der Waals surface area contributed by atoms with Crippen LogP contribution in [0.2, 0.25) is 0 Å². The van der Waals surface area contributed by atoms with Gasteiger partial charge in [0.25, 0.3) is 0 Å². The zero-order valence-corrected chi connectivity index (χ0v) is 12.1. The first-order chi connectivity index (χ1) is 10.2. The van der Waals surface area contributed by atoms with E-state index in [4.69, 9.17) is 8.83 Å². The molecule has 1 aliphatic carbocycles. The maximum absolute atomic E-state index is 12.2. The Bertz CT molecular complexity index is 558. The minimum atomic E-state index is -0.114. The van der Waals surface area contributed by atoms with Crippen molar-refractivity contribution in [2.75, 3.05) is 6.54 Å². The molecule has 1 fully saturated rings. The van der Waals surface area contributed by atoms with E-state index >= 15 is 0 Å². The maximum atomic E-state index is 12.2. The summed E-state index contributed by atoms with van der Waals surface area (Å²) in [5.74, 6) is 1.68. The highest BCUT2D eigenvalue weighted by molar-refractivity contribution is 5.78. The van der Waals surface area contributed by atoms with E-state index in [1.54, 1.807) is 12.5 Å². The molecule has 3 rings (SSSR count). The van der Waals surface area contributed by atoms with E-state index in [2.05, 4.69) is 10.2 Å². The molecule has 0 bridgehead atoms. The Balaban J connectivity index is 1.54. The molecule has 1 N–H and O–H groups in total. The topological polar surface area (TPSA) is 58.6 Å². The van der Waals surface area contributed by atoms with E-state index in [1.165, 1.54) is 0 Å². The van der Waals surface area contributed by atoms with E-state index in [1.807, 2.05) is 31.2 Å². The maximum Gasteiger partial charge on any atom is 0.234 e. The fraction of sp³-hybridized carbons (Fsp3) is 0.438. The Morgan fingerprint density at radius 1 is 1.33 bits per heavy atom. The minimum absolute atomic E-state index is 0.0114. The molecule has 0 saturated heterocycles. The first-order valence-electron chi connectivity index (χ1n) is 7.31. The third kappa shape index (κ3) is 3.76. The number of nitrogens with one attached hydrogen (secondary N) is 1. The van der Waals surface area contributed by atoms with E-state index in [9.17, 15) is 4.79 Å². The monoisotopic (exact) mass is 288 g/mol. The summed E-state index contributed by atoms with van der Waals surface area (Å²) in [6.07, 6.45) is 5.59. The third-order valence-electron chi connectivity index (χ3n) is 3.70. The van der Waals surface area contributed by atoms with Crippen LogP contribution < -0.4 is 5.32 Å². The van der Waals surface area contributed by atoms with Crippen LogP contribution in [0.25, 0.3) is 0 Å². The molecular formula is C16H20N2O3. The van der Waals surface area contributed by atoms with E-state index in [0.29, 0.717) is 19.1 Å². The van der Waals surface area contributed by atoms with Gasteiger partial charge in [-0.2, -0.15) is 0 Å². The van der Waals surface area contributed by atoms with Crippen molar-refractivity contribution in [3.05, 3.63) is 48.3 Å². The molecule has 2 aromatic heterocycles. The predicted molar refractivity (Wildman–Crippen MR) is 77.4 cm³/mol. The van der Waals surface area contributed by atoms with Crippen LogP contribution in [0, 0.1) is 0 Å². The summed E-state index contributed by atoms with van der Waals surface area (Å²) in [6, 6.07) is 7.90. The molecule has 112 valence electrons. The molecule has 0 aliphatic heterocycles. The fourth-order valence-electron chi connectivity index (χ4n) is 2.44. The smallest absolute Gasteiger partial charge is 0.234 e. The van der Waals surface area contributed by atoms with Crippen molar-refractivity contribution in [1.82, 2.24) is 10.2 Å². The molecule has 2 aromatic rings. The summed E-state index contributed by atoms with van der Waals surface area (Å²) < 4.78 is 10.7. The summed E-state index contributed by atoms with van der Waals surface area (Å²) >= 11 is 0. The quantitative estimate of drug-likeness (QED) is 0.851. The molecule has 1 amide bonds. The van der Waals surface area contributed by atoms with E-state index in [0.717, 1.165) is 24.4 Å². The number of carbonyl (C=O) groups is 1. The largest absolute Gasteiger partial charge is 0.468 e. The second-order valence-electron chi connectivity index (χ2n) is 5.52. The normalized spacial score (nSPS) is 16.1. The molecule has 0 aromatic carbocycles. The van der Waals surface area contributed by atoms with E-state index in [-0.39, 0.29) is 11.9 Å². The molecule has 1 atom stereocenters. The van der Waals surface area contributed by atoms with Crippen molar-refractivity contribution in [2.24, 2.45) is 0 Å². The molecule has 0 radical (unpaired) electrons. The highest BCUT2D eigenvalue weighted by Gasteiger charge is 2.31. The van der Waals surface area contributed by atoms with Gasteiger partial charge in [0.15, 0.2) is 0 Å². The van der Waals surface area contributed by atoms with Crippen molar-refractivity contribution >= 4 is 5.91 Å². The number of nitrogens with zero attached hydrogens (tertiary/aromatic N) is 1. The number of amides is 1. The lowest BCUT2D eigenvalue weighted by molar-refractivity contribution is -0.123. The summed E-state index contributed by atoms with van der Waals surface area (Å²) in [5.41, 5.74) is 0. The van der Waals surface area contributed by atoms with Crippen molar-refractivity contribution in [1.29, 1.82) is 0 Å². The zero-order chi connectivity index (χ0) is 14.7. The van der Waals surface area contributed by atoms with Crippen LogP contribution in [-0.4, -0.2) is 23.4 Å². The average Bonchev–Trinajstić information content (AvgIpc) is 2.94. The third-order valence-corrected chi connectivity index (χ3v) is 3.70. The molecular weight excluding hydrogens is 268 g/mol. The summed E-state index contributed by atoms with van der Waals surface area (Å²) in [5, 5.41) is 2.97. The van der Waals surface area contributed by atoms with Gasteiger partial charge in [0.05, 0.1) is 31.7 Å². The van der Waals surface area contributed by atoms with Gasteiger partial charge in [0.1, 0.15) is 11.5 Å². The van der Waals surface area contributed by atoms with Crippen LogP contribution in [0.3, 0.4) is 0 Å². The number of rotatable bonds is 7. The van der Waals surface area contributed by atoms with Crippen LogP contribution in [-0.2, 0) is 11.3 Å². The zero-order valence-electron chi connectivity index (χ0n) is 12.1. The van der Waals surface area contributed by atoms with Crippen molar-refractivity contribution in [3.8, 4) is 0 Å². The molecule has 0 spiro atoms. The second kappa shape index (κ2) is 6.18. The van der Waals surface area contributed by atoms with E-state index < -0.39 is 0 Å². The van der Waals surface area contributed by atoms with Gasteiger partial charge in [-0.15, -0.1) is 0 Å². The summed E-state index contributed by atoms with van der Waals surface area (Å²) in [7, 11) is 0. The van der Waals surface area contributed by atoms with Crippen LogP contribution in [0.5, 0.6) is 0 Å². The van der Waals surface area contributed by atoms with Crippen LogP contribution in [0.4, 0.5) is 0 Å². The van der Waals surface area contributed by atoms with Gasteiger partial charge >= 0.3 is 0 Å². The van der Waals surface area contributed by atoms with Crippen LogP contribution >= 0.6 is 0 Å². The lowest BCUT2D eigenvalue weighted by atomic mass is 10.2. The van der Waals surface area contributed by atoms with Gasteiger partial charge in [-0.3, -0.25) is 9.69 Å². The van der Waals surface area contributed by atoms with Gasteiger partial charge in [0.2, 0.25) is 5.91 Å². The van der Waals surface area contributed by atoms with Crippen LogP contribution in [0.1, 0.15) is 37.3 Å². The van der Waals surface area contributed by atoms with Gasteiger partial charge in [-0.25, -0.2) is 0 Å². The summed E-state index contributed by atoms with van der Waals surface area (Å²) in [4.78, 5) is 14.4. The van der Waals surface area contributed by atoms with Gasteiger partial charge < -0.3 is 14.2 Å². The van der Waals surface area contributed by atoms with Crippen LogP contribution in [0.15, 0.2) is 45.6 Å². The minimum Gasteiger partial charge on any atom is -0.468 e. The van der Waals surface area contributed by atoms with Gasteiger partial charge in [-0.05, 0) is 44.0 Å². The Labute approximate surface area is 123 Å². The Kier molecular flexibility index (Phi) is 4.10. The molecule has 5 heteroatoms. The molecule has 2 heterocycles. The van der Waals surface area contributed by atoms with Crippen molar-refractivity contribution in [2.45, 2.75) is 38.4 Å².